The molecule has 0 bridgehead atoms. The highest BCUT2D eigenvalue weighted by Gasteiger charge is 2.12. The Labute approximate surface area is 133 Å². The van der Waals surface area contributed by atoms with Gasteiger partial charge in [-0.2, -0.15) is 0 Å². The normalized spacial score (nSPS) is 10.4. The molecule has 20 heavy (non-hydrogen) atoms. The Bertz CT molecular complexity index is 656. The van der Waals surface area contributed by atoms with Crippen LogP contribution in [0.2, 0.25) is 0 Å². The smallest absolute Gasteiger partial charge is 0.167 e. The van der Waals surface area contributed by atoms with Crippen molar-refractivity contribution < 1.29 is 13.9 Å². The molecule has 0 spiro atoms. The van der Waals surface area contributed by atoms with Crippen LogP contribution in [0, 0.1) is 5.82 Å². The van der Waals surface area contributed by atoms with Gasteiger partial charge in [0, 0.05) is 16.5 Å². The number of carbonyl (C=O) groups is 1. The van der Waals surface area contributed by atoms with Crippen molar-refractivity contribution in [3.8, 4) is 5.75 Å². The van der Waals surface area contributed by atoms with E-state index in [9.17, 15) is 9.18 Å². The van der Waals surface area contributed by atoms with Gasteiger partial charge in [-0.15, -0.1) is 0 Å². The van der Waals surface area contributed by atoms with E-state index in [4.69, 9.17) is 4.74 Å². The van der Waals surface area contributed by atoms with Gasteiger partial charge in [0.1, 0.15) is 11.6 Å². The zero-order chi connectivity index (χ0) is 14.7. The number of hydrogen-bond acceptors (Lipinski definition) is 2. The first-order valence-corrected chi connectivity index (χ1v) is 7.40. The van der Waals surface area contributed by atoms with Crippen molar-refractivity contribution in [3.63, 3.8) is 0 Å². The van der Waals surface area contributed by atoms with Crippen molar-refractivity contribution in [2.45, 2.75) is 6.42 Å². The second kappa shape index (κ2) is 6.50. The summed E-state index contributed by atoms with van der Waals surface area (Å²) >= 11 is 6.60. The zero-order valence-corrected chi connectivity index (χ0v) is 13.8. The van der Waals surface area contributed by atoms with E-state index >= 15 is 0 Å². The fourth-order valence-corrected chi connectivity index (χ4v) is 2.74. The van der Waals surface area contributed by atoms with Crippen LogP contribution in [-0.4, -0.2) is 12.9 Å². The van der Waals surface area contributed by atoms with Crippen molar-refractivity contribution >= 4 is 37.6 Å². The van der Waals surface area contributed by atoms with Gasteiger partial charge >= 0.3 is 0 Å². The van der Waals surface area contributed by atoms with Gasteiger partial charge in [0.05, 0.1) is 11.6 Å². The molecule has 0 heterocycles. The summed E-state index contributed by atoms with van der Waals surface area (Å²) in [5, 5.41) is 0. The largest absolute Gasteiger partial charge is 0.496 e. The van der Waals surface area contributed by atoms with E-state index in [1.54, 1.807) is 37.4 Å². The minimum atomic E-state index is -0.380. The van der Waals surface area contributed by atoms with Gasteiger partial charge in [0.25, 0.3) is 0 Å². The fraction of sp³-hybridized carbons (Fsp3) is 0.133. The summed E-state index contributed by atoms with van der Waals surface area (Å²) in [4.78, 5) is 12.2. The maximum absolute atomic E-state index is 13.6. The molecule has 0 N–H and O–H groups in total. The van der Waals surface area contributed by atoms with Crippen LogP contribution in [0.1, 0.15) is 15.9 Å². The van der Waals surface area contributed by atoms with Gasteiger partial charge in [0.15, 0.2) is 5.78 Å². The van der Waals surface area contributed by atoms with Gasteiger partial charge in [-0.3, -0.25) is 4.79 Å². The van der Waals surface area contributed by atoms with Gasteiger partial charge in [-0.1, -0.05) is 15.9 Å². The highest BCUT2D eigenvalue weighted by atomic mass is 79.9. The first kappa shape index (κ1) is 15.2. The summed E-state index contributed by atoms with van der Waals surface area (Å²) in [6.07, 6.45) is 0.0179. The molecule has 0 fully saturated rings. The summed E-state index contributed by atoms with van der Waals surface area (Å²) in [6, 6.07) is 9.61. The highest BCUT2D eigenvalue weighted by molar-refractivity contribution is 9.10. The topological polar surface area (TPSA) is 26.3 Å². The molecule has 0 radical (unpaired) electrons. The van der Waals surface area contributed by atoms with Crippen molar-refractivity contribution in [1.29, 1.82) is 0 Å². The molecule has 0 atom stereocenters. The summed E-state index contributed by atoms with van der Waals surface area (Å²) < 4.78 is 20.2. The molecule has 0 aromatic heterocycles. The van der Waals surface area contributed by atoms with Crippen LogP contribution in [0.3, 0.4) is 0 Å². The molecule has 0 unspecified atom stereocenters. The number of carbonyl (C=O) groups excluding carboxylic acids is 1. The molecular formula is C15H11Br2FO2. The fourth-order valence-electron chi connectivity index (χ4n) is 1.79. The number of rotatable bonds is 4. The third-order valence-electron chi connectivity index (χ3n) is 2.83. The van der Waals surface area contributed by atoms with E-state index in [1.807, 2.05) is 0 Å². The summed E-state index contributed by atoms with van der Waals surface area (Å²) in [6.45, 7) is 0. The summed E-state index contributed by atoms with van der Waals surface area (Å²) in [5.41, 5.74) is 0.883. The molecular weight excluding hydrogens is 391 g/mol. The Kier molecular flexibility index (Phi) is 4.94. The molecule has 2 aromatic rings. The molecule has 0 aliphatic rings. The Hall–Kier alpha value is -1.20. The molecule has 2 rings (SSSR count). The molecule has 0 saturated heterocycles. The van der Waals surface area contributed by atoms with Crippen LogP contribution in [-0.2, 0) is 6.42 Å². The van der Waals surface area contributed by atoms with E-state index in [0.717, 1.165) is 4.47 Å². The number of hydrogen-bond donors (Lipinski definition) is 0. The van der Waals surface area contributed by atoms with Crippen LogP contribution in [0.15, 0.2) is 45.3 Å². The van der Waals surface area contributed by atoms with Gasteiger partial charge in [0.2, 0.25) is 0 Å². The van der Waals surface area contributed by atoms with Crippen LogP contribution < -0.4 is 4.74 Å². The molecule has 0 saturated carbocycles. The molecule has 104 valence electrons. The first-order chi connectivity index (χ1) is 9.51. The van der Waals surface area contributed by atoms with Crippen LogP contribution in [0.5, 0.6) is 5.75 Å². The summed E-state index contributed by atoms with van der Waals surface area (Å²) in [7, 11) is 1.55. The van der Waals surface area contributed by atoms with E-state index in [0.29, 0.717) is 21.3 Å². The lowest BCUT2D eigenvalue weighted by Gasteiger charge is -2.07. The Morgan fingerprint density at radius 3 is 2.60 bits per heavy atom. The van der Waals surface area contributed by atoms with Gasteiger partial charge in [-0.25, -0.2) is 4.39 Å². The maximum atomic E-state index is 13.6. The predicted octanol–water partition coefficient (Wildman–Crippen LogP) is 4.78. The molecule has 0 aliphatic heterocycles. The van der Waals surface area contributed by atoms with Crippen LogP contribution >= 0.6 is 31.9 Å². The number of methoxy groups -OCH3 is 1. The number of halogens is 3. The van der Waals surface area contributed by atoms with E-state index in [-0.39, 0.29) is 18.0 Å². The average Bonchev–Trinajstić information content (AvgIpc) is 2.42. The molecule has 0 amide bonds. The number of ketones is 1. The van der Waals surface area contributed by atoms with Crippen molar-refractivity contribution in [2.75, 3.05) is 7.11 Å². The second-order valence-electron chi connectivity index (χ2n) is 4.19. The Balaban J connectivity index is 2.24. The minimum absolute atomic E-state index is 0.0179. The van der Waals surface area contributed by atoms with Gasteiger partial charge in [-0.05, 0) is 57.9 Å². The molecule has 0 aliphatic carbocycles. The van der Waals surface area contributed by atoms with Crippen LogP contribution in [0.25, 0.3) is 0 Å². The molecule has 5 heteroatoms. The lowest BCUT2D eigenvalue weighted by molar-refractivity contribution is 0.0991. The maximum Gasteiger partial charge on any atom is 0.167 e. The van der Waals surface area contributed by atoms with Crippen molar-refractivity contribution in [2.24, 2.45) is 0 Å². The van der Waals surface area contributed by atoms with Crippen LogP contribution in [0.4, 0.5) is 4.39 Å². The predicted molar refractivity (Wildman–Crippen MR) is 82.8 cm³/mol. The first-order valence-electron chi connectivity index (χ1n) is 5.82. The number of benzene rings is 2. The van der Waals surface area contributed by atoms with Crippen molar-refractivity contribution in [3.05, 3.63) is 62.3 Å². The van der Waals surface area contributed by atoms with Crippen molar-refractivity contribution in [1.82, 2.24) is 0 Å². The Morgan fingerprint density at radius 1 is 1.20 bits per heavy atom. The molecule has 2 nitrogen and oxygen atoms in total. The molecule has 2 aromatic carbocycles. The third-order valence-corrected chi connectivity index (χ3v) is 3.95. The SMILES string of the molecule is COc1ccc(C(=O)Cc2cc(Br)ccc2F)cc1Br. The quantitative estimate of drug-likeness (QED) is 0.688. The lowest BCUT2D eigenvalue weighted by Crippen LogP contribution is -2.05. The van der Waals surface area contributed by atoms with E-state index in [2.05, 4.69) is 31.9 Å². The number of ether oxygens (including phenoxy) is 1. The monoisotopic (exact) mass is 400 g/mol. The minimum Gasteiger partial charge on any atom is -0.496 e. The zero-order valence-electron chi connectivity index (χ0n) is 10.6. The van der Waals surface area contributed by atoms with Gasteiger partial charge < -0.3 is 4.74 Å². The number of Topliss-reactive ketones (excluding diaryl/α,β-unsaturated/α-hetero) is 1. The standard InChI is InChI=1S/C15H11Br2FO2/c1-20-15-5-2-9(7-12(15)17)14(19)8-10-6-11(16)3-4-13(10)18/h2-7H,8H2,1H3. The lowest BCUT2D eigenvalue weighted by atomic mass is 10.0. The highest BCUT2D eigenvalue weighted by Crippen LogP contribution is 2.26. The van der Waals surface area contributed by atoms with E-state index in [1.165, 1.54) is 6.07 Å². The Morgan fingerprint density at radius 2 is 1.95 bits per heavy atom. The second-order valence-corrected chi connectivity index (χ2v) is 5.96. The average molecular weight is 402 g/mol. The summed E-state index contributed by atoms with van der Waals surface area (Å²) in [5.74, 6) is 0.120. The third kappa shape index (κ3) is 3.46. The van der Waals surface area contributed by atoms with E-state index < -0.39 is 0 Å².